The Balaban J connectivity index is 1.23. The van der Waals surface area contributed by atoms with Crippen LogP contribution in [0.3, 0.4) is 0 Å². The highest BCUT2D eigenvalue weighted by Crippen LogP contribution is 2.37. The van der Waals surface area contributed by atoms with Crippen molar-refractivity contribution in [1.82, 2.24) is 9.80 Å². The third kappa shape index (κ3) is 6.24. The van der Waals surface area contributed by atoms with Crippen LogP contribution in [0.2, 0.25) is 0 Å². The molecule has 3 aliphatic rings. The summed E-state index contributed by atoms with van der Waals surface area (Å²) in [6, 6.07) is 12.7. The Hall–Kier alpha value is -3.22. The molecule has 0 saturated carbocycles. The van der Waals surface area contributed by atoms with Gasteiger partial charge in [-0.1, -0.05) is 6.42 Å². The second-order valence-electron chi connectivity index (χ2n) is 11.1. The molecule has 8 nitrogen and oxygen atoms in total. The van der Waals surface area contributed by atoms with E-state index in [1.807, 2.05) is 24.3 Å². The molecule has 2 aromatic rings. The molecule has 1 aromatic heterocycles. The fraction of sp³-hybridized carbons (Fsp3) is 0.548. The predicted molar refractivity (Wildman–Crippen MR) is 159 cm³/mol. The number of carbonyl (C=O) groups is 1. The topological polar surface area (TPSA) is 89.3 Å². The second-order valence-corrected chi connectivity index (χ2v) is 12.2. The highest BCUT2D eigenvalue weighted by molar-refractivity contribution is 7.17. The zero-order valence-electron chi connectivity index (χ0n) is 23.6. The number of hydrogen-bond donors (Lipinski definition) is 1. The Labute approximate surface area is 241 Å². The number of allylic oxidation sites excluding steroid dienone is 1. The number of anilines is 1. The number of piperidine rings is 3. The van der Waals surface area contributed by atoms with Crippen molar-refractivity contribution in [2.45, 2.75) is 57.0 Å². The summed E-state index contributed by atoms with van der Waals surface area (Å²) in [6.45, 7) is 4.83. The van der Waals surface area contributed by atoms with E-state index in [1.165, 1.54) is 24.3 Å². The first-order valence-corrected chi connectivity index (χ1v) is 15.2. The number of carboxylic acid groups (broad SMARTS) is 1. The smallest absolute Gasteiger partial charge is 0.407 e. The van der Waals surface area contributed by atoms with Crippen molar-refractivity contribution in [2.75, 3.05) is 51.8 Å². The van der Waals surface area contributed by atoms with Crippen LogP contribution in [0.4, 0.5) is 9.80 Å². The fourth-order valence-corrected chi connectivity index (χ4v) is 7.70. The lowest BCUT2D eigenvalue weighted by molar-refractivity contribution is 0.0285. The maximum absolute atomic E-state index is 12.1. The Bertz CT molecular complexity index is 1240. The highest BCUT2D eigenvalue weighted by atomic mass is 32.1. The molecule has 2 unspecified atom stereocenters. The minimum atomic E-state index is -0.762. The van der Waals surface area contributed by atoms with Crippen molar-refractivity contribution in [3.63, 3.8) is 0 Å². The Morgan fingerprint density at radius 2 is 1.75 bits per heavy atom. The number of rotatable bonds is 7. The lowest BCUT2D eigenvalue weighted by Gasteiger charge is -2.47. The van der Waals surface area contributed by atoms with Gasteiger partial charge in [0.05, 0.1) is 30.9 Å². The molecule has 3 saturated heterocycles. The average molecular weight is 565 g/mol. The molecule has 0 radical (unpaired) electrons. The van der Waals surface area contributed by atoms with Gasteiger partial charge >= 0.3 is 6.09 Å². The number of nitrogens with zero attached hydrogens (tertiary/aromatic N) is 4. The van der Waals surface area contributed by atoms with E-state index in [1.54, 1.807) is 30.5 Å². The van der Waals surface area contributed by atoms with E-state index in [0.29, 0.717) is 35.6 Å². The molecule has 40 heavy (non-hydrogen) atoms. The summed E-state index contributed by atoms with van der Waals surface area (Å²) in [4.78, 5) is 19.9. The first kappa shape index (κ1) is 28.3. The van der Waals surface area contributed by atoms with Gasteiger partial charge < -0.3 is 29.3 Å². The van der Waals surface area contributed by atoms with E-state index in [0.717, 1.165) is 62.3 Å². The first-order valence-electron chi connectivity index (χ1n) is 14.4. The van der Waals surface area contributed by atoms with Gasteiger partial charge in [0.1, 0.15) is 0 Å². The van der Waals surface area contributed by atoms with Crippen molar-refractivity contribution < 1.29 is 19.4 Å². The van der Waals surface area contributed by atoms with E-state index in [9.17, 15) is 15.2 Å². The number of methoxy groups -OCH3 is 2. The van der Waals surface area contributed by atoms with Gasteiger partial charge in [0, 0.05) is 36.6 Å². The predicted octanol–water partition coefficient (Wildman–Crippen LogP) is 6.04. The molecular formula is C31H40N4O4S. The van der Waals surface area contributed by atoms with E-state index in [-0.39, 0.29) is 6.04 Å². The quantitative estimate of drug-likeness (QED) is 0.410. The van der Waals surface area contributed by atoms with E-state index in [4.69, 9.17) is 9.47 Å². The van der Waals surface area contributed by atoms with Crippen LogP contribution in [0.15, 0.2) is 30.3 Å². The normalized spacial score (nSPS) is 23.1. The standard InChI is InChI=1S/C31H40N4O4S/c1-38-28-8-6-23(19-29(28)39-2)24(21-32)18-26-7-9-30(40-26)34-15-10-22(11-16-34)27-20-25(12-17-35(27)31(36)37)33-13-4-3-5-14-33/h6-9,18-19,22,25,27H,3-5,10-17,20H2,1-2H3,(H,36,37). The maximum Gasteiger partial charge on any atom is 0.407 e. The van der Waals surface area contributed by atoms with E-state index < -0.39 is 6.09 Å². The summed E-state index contributed by atoms with van der Waals surface area (Å²) >= 11 is 1.69. The summed E-state index contributed by atoms with van der Waals surface area (Å²) in [6.07, 6.45) is 8.95. The molecule has 0 aliphatic carbocycles. The van der Waals surface area contributed by atoms with Gasteiger partial charge in [-0.25, -0.2) is 4.79 Å². The van der Waals surface area contributed by atoms with Gasteiger partial charge in [-0.2, -0.15) is 5.26 Å². The first-order chi connectivity index (χ1) is 19.5. The molecule has 9 heteroatoms. The lowest BCUT2D eigenvalue weighted by Crippen LogP contribution is -2.56. The van der Waals surface area contributed by atoms with Crippen molar-refractivity contribution >= 4 is 34.1 Å². The summed E-state index contributed by atoms with van der Waals surface area (Å²) in [7, 11) is 3.19. The number of nitriles is 1. The molecule has 1 N–H and O–H groups in total. The summed E-state index contributed by atoms with van der Waals surface area (Å²) in [5.41, 5.74) is 1.36. The molecule has 3 fully saturated rings. The number of amides is 1. The Kier molecular flexibility index (Phi) is 9.18. The van der Waals surface area contributed by atoms with Crippen molar-refractivity contribution in [1.29, 1.82) is 5.26 Å². The highest BCUT2D eigenvalue weighted by Gasteiger charge is 2.39. The van der Waals surface area contributed by atoms with Crippen LogP contribution in [0.1, 0.15) is 55.4 Å². The molecular weight excluding hydrogens is 524 g/mol. The maximum atomic E-state index is 12.1. The molecule has 3 aliphatic heterocycles. The van der Waals surface area contributed by atoms with Crippen LogP contribution in [0.5, 0.6) is 11.5 Å². The van der Waals surface area contributed by atoms with Gasteiger partial charge in [0.25, 0.3) is 0 Å². The largest absolute Gasteiger partial charge is 0.493 e. The Morgan fingerprint density at radius 3 is 2.42 bits per heavy atom. The average Bonchev–Trinajstić information content (AvgIpc) is 3.48. The van der Waals surface area contributed by atoms with Gasteiger partial charge in [0.15, 0.2) is 11.5 Å². The zero-order valence-corrected chi connectivity index (χ0v) is 24.4. The molecule has 1 aromatic carbocycles. The summed E-state index contributed by atoms with van der Waals surface area (Å²) in [5, 5.41) is 21.0. The van der Waals surface area contributed by atoms with Crippen LogP contribution in [0.25, 0.3) is 11.6 Å². The van der Waals surface area contributed by atoms with Gasteiger partial charge in [-0.15, -0.1) is 11.3 Å². The number of thiophene rings is 1. The molecule has 0 spiro atoms. The molecule has 214 valence electrons. The number of ether oxygens (including phenoxy) is 2. The molecule has 1 amide bonds. The van der Waals surface area contributed by atoms with Crippen LogP contribution in [-0.2, 0) is 0 Å². The molecule has 2 atom stereocenters. The number of benzene rings is 1. The SMILES string of the molecule is COc1ccc(C(C#N)=Cc2ccc(N3CCC(C4CC(N5CCCCC5)CCN4C(=O)O)CC3)s2)cc1OC. The summed E-state index contributed by atoms with van der Waals surface area (Å²) in [5.74, 6) is 1.62. The van der Waals surface area contributed by atoms with Gasteiger partial charge in [0.2, 0.25) is 0 Å². The molecule has 0 bridgehead atoms. The zero-order chi connectivity index (χ0) is 28.1. The number of likely N-dealkylation sites (tertiary alicyclic amines) is 2. The van der Waals surface area contributed by atoms with Crippen molar-refractivity contribution in [2.24, 2.45) is 5.92 Å². The minimum absolute atomic E-state index is 0.113. The third-order valence-corrected chi connectivity index (χ3v) is 9.97. The second kappa shape index (κ2) is 13.0. The monoisotopic (exact) mass is 564 g/mol. The van der Waals surface area contributed by atoms with Crippen LogP contribution in [0, 0.1) is 17.2 Å². The van der Waals surface area contributed by atoms with Gasteiger partial charge in [-0.05, 0) is 99.5 Å². The number of hydrogen-bond acceptors (Lipinski definition) is 7. The molecule has 5 rings (SSSR count). The third-order valence-electron chi connectivity index (χ3n) is 8.88. The van der Waals surface area contributed by atoms with Crippen molar-refractivity contribution in [3.8, 4) is 17.6 Å². The van der Waals surface area contributed by atoms with Crippen LogP contribution >= 0.6 is 11.3 Å². The fourth-order valence-electron chi connectivity index (χ4n) is 6.70. The van der Waals surface area contributed by atoms with Gasteiger partial charge in [-0.3, -0.25) is 0 Å². The summed E-state index contributed by atoms with van der Waals surface area (Å²) < 4.78 is 10.7. The molecule has 4 heterocycles. The van der Waals surface area contributed by atoms with Crippen molar-refractivity contribution in [3.05, 3.63) is 40.8 Å². The Morgan fingerprint density at radius 1 is 1.00 bits per heavy atom. The lowest BCUT2D eigenvalue weighted by atomic mass is 9.81. The van der Waals surface area contributed by atoms with Crippen LogP contribution < -0.4 is 14.4 Å². The van der Waals surface area contributed by atoms with Crippen LogP contribution in [-0.4, -0.2) is 80.0 Å². The minimum Gasteiger partial charge on any atom is -0.493 e. The van der Waals surface area contributed by atoms with E-state index >= 15 is 0 Å². The van der Waals surface area contributed by atoms with E-state index in [2.05, 4.69) is 28.0 Å².